The normalized spacial score (nSPS) is 15.0. The number of hydrogen-bond donors (Lipinski definition) is 1. The fourth-order valence-corrected chi connectivity index (χ4v) is 5.94. The monoisotopic (exact) mass is 613 g/mol. The zero-order valence-electron chi connectivity index (χ0n) is 21.7. The quantitative estimate of drug-likeness (QED) is 0.200. The van der Waals surface area contributed by atoms with E-state index in [-0.39, 0.29) is 5.02 Å². The van der Waals surface area contributed by atoms with Gasteiger partial charge in [0, 0.05) is 44.8 Å². The molecule has 0 atom stereocenters. The number of carbonyl (C=O) groups is 1. The van der Waals surface area contributed by atoms with E-state index in [4.69, 9.17) is 11.6 Å². The lowest BCUT2D eigenvalue weighted by Gasteiger charge is -2.13. The molecule has 1 aliphatic heterocycles. The van der Waals surface area contributed by atoms with Gasteiger partial charge in [0.15, 0.2) is 0 Å². The second-order valence-electron chi connectivity index (χ2n) is 8.50. The minimum Gasteiger partial charge on any atom is -0.310 e. The van der Waals surface area contributed by atoms with E-state index in [9.17, 15) is 18.0 Å². The predicted molar refractivity (Wildman–Crippen MR) is 158 cm³/mol. The van der Waals surface area contributed by atoms with Gasteiger partial charge < -0.3 is 9.52 Å². The van der Waals surface area contributed by atoms with Crippen LogP contribution in [0.2, 0.25) is 5.02 Å². The van der Waals surface area contributed by atoms with Gasteiger partial charge >= 0.3 is 6.18 Å². The molecule has 2 heterocycles. The second kappa shape index (κ2) is 15.8. The van der Waals surface area contributed by atoms with E-state index in [0.717, 1.165) is 66.1 Å². The highest BCUT2D eigenvalue weighted by Crippen LogP contribution is 2.36. The lowest BCUT2D eigenvalue weighted by Crippen LogP contribution is -2.08. The molecule has 1 aromatic heterocycles. The van der Waals surface area contributed by atoms with E-state index in [1.165, 1.54) is 23.8 Å². The second-order valence-corrected chi connectivity index (χ2v) is 12.1. The number of alkyl halides is 3. The fraction of sp³-hybridized carbons (Fsp3) is 0.357. The summed E-state index contributed by atoms with van der Waals surface area (Å²) in [4.78, 5) is 17.8. The molecule has 1 saturated carbocycles. The first-order valence-electron chi connectivity index (χ1n) is 12.7. The van der Waals surface area contributed by atoms with E-state index >= 15 is 0 Å². The highest BCUT2D eigenvalue weighted by molar-refractivity contribution is 8.00. The van der Waals surface area contributed by atoms with Crippen LogP contribution in [-0.4, -0.2) is 28.7 Å². The number of benzene rings is 2. The van der Waals surface area contributed by atoms with Crippen molar-refractivity contribution in [1.29, 1.82) is 0 Å². The molecule has 1 saturated heterocycles. The zero-order valence-corrected chi connectivity index (χ0v) is 24.9. The molecule has 3 aromatic rings. The van der Waals surface area contributed by atoms with Gasteiger partial charge in [-0.15, -0.1) is 0 Å². The summed E-state index contributed by atoms with van der Waals surface area (Å²) in [7, 11) is 0. The highest BCUT2D eigenvalue weighted by atomic mass is 35.5. The van der Waals surface area contributed by atoms with Crippen molar-refractivity contribution in [2.75, 3.05) is 17.8 Å². The topological polar surface area (TPSA) is 45.2 Å². The van der Waals surface area contributed by atoms with E-state index in [1.54, 1.807) is 18.0 Å². The first-order chi connectivity index (χ1) is 18.8. The minimum absolute atomic E-state index is 0.0378. The third kappa shape index (κ3) is 10.9. The van der Waals surface area contributed by atoms with Crippen molar-refractivity contribution in [3.63, 3.8) is 0 Å². The van der Waals surface area contributed by atoms with Gasteiger partial charge in [-0.1, -0.05) is 37.2 Å². The zero-order chi connectivity index (χ0) is 28.3. The van der Waals surface area contributed by atoms with Gasteiger partial charge in [-0.25, -0.2) is 9.29 Å². The Morgan fingerprint density at radius 2 is 1.62 bits per heavy atom. The number of nitrogens with zero attached hydrogens (tertiary/aromatic N) is 2. The highest BCUT2D eigenvalue weighted by Gasteiger charge is 2.31. The van der Waals surface area contributed by atoms with Crippen LogP contribution >= 0.6 is 47.3 Å². The van der Waals surface area contributed by atoms with Crippen LogP contribution in [0.5, 0.6) is 0 Å². The minimum atomic E-state index is -4.41. The van der Waals surface area contributed by atoms with Crippen molar-refractivity contribution in [2.24, 2.45) is 5.92 Å². The molecule has 210 valence electrons. The molecule has 2 aliphatic rings. The first kappa shape index (κ1) is 31.7. The number of anilines is 1. The summed E-state index contributed by atoms with van der Waals surface area (Å²) in [6.45, 7) is 6.30. The Labute approximate surface area is 246 Å². The van der Waals surface area contributed by atoms with Gasteiger partial charge in [-0.3, -0.25) is 0 Å². The molecular weight excluding hydrogens is 583 g/mol. The number of carbonyl (C=O) groups excluding carboxylic acids is 1. The summed E-state index contributed by atoms with van der Waals surface area (Å²) >= 11 is 10.5. The molecule has 2 aromatic carbocycles. The Hall–Kier alpha value is -1.85. The van der Waals surface area contributed by atoms with Crippen LogP contribution in [0.1, 0.15) is 45.1 Å². The largest absolute Gasteiger partial charge is 0.416 e. The van der Waals surface area contributed by atoms with Crippen LogP contribution in [0.3, 0.4) is 0 Å². The SMILES string of the molecule is CC.FC(F)(F)c1ccc(SNc2ccc(Sc3ccc(SN4CCCC4)cc3)cn2)c(Cl)c1.O=CC1CC1. The number of aromatic nitrogens is 1. The summed E-state index contributed by atoms with van der Waals surface area (Å²) in [5.41, 5.74) is -0.769. The molecule has 5 rings (SSSR count). The molecule has 11 heteroatoms. The molecule has 0 spiro atoms. The van der Waals surface area contributed by atoms with Crippen molar-refractivity contribution in [2.45, 2.75) is 65.3 Å². The summed E-state index contributed by atoms with van der Waals surface area (Å²) in [5.74, 6) is 1.04. The molecule has 4 nitrogen and oxygen atoms in total. The van der Waals surface area contributed by atoms with E-state index in [1.807, 2.05) is 37.9 Å². The first-order valence-corrected chi connectivity index (χ1v) is 15.5. The standard InChI is InChI=1S/C22H19ClF3N3S3.C4H6O.C2H6/c23-19-13-15(22(24,25)26)3-9-20(19)31-28-21-10-8-18(14-27-21)30-16-4-6-17(7-5-16)32-29-11-1-2-12-29;5-3-4-1-2-4;1-2/h3-10,13-14H,1-2,11-12H2,(H,27,28);3-4H,1-2H2;1-2H3. The van der Waals surface area contributed by atoms with Crippen molar-refractivity contribution in [3.8, 4) is 0 Å². The Kier molecular flexibility index (Phi) is 12.8. The van der Waals surface area contributed by atoms with Gasteiger partial charge in [-0.05, 0) is 104 Å². The van der Waals surface area contributed by atoms with E-state index < -0.39 is 11.7 Å². The van der Waals surface area contributed by atoms with Gasteiger partial charge in [0.1, 0.15) is 12.1 Å². The van der Waals surface area contributed by atoms with Crippen molar-refractivity contribution in [1.82, 2.24) is 9.29 Å². The fourth-order valence-electron chi connectivity index (χ4n) is 3.23. The van der Waals surface area contributed by atoms with Gasteiger partial charge in [0.25, 0.3) is 0 Å². The lowest BCUT2D eigenvalue weighted by atomic mass is 10.2. The maximum atomic E-state index is 12.8. The molecule has 39 heavy (non-hydrogen) atoms. The number of halogens is 4. The molecule has 0 unspecified atom stereocenters. The molecule has 1 N–H and O–H groups in total. The van der Waals surface area contributed by atoms with Gasteiger partial charge in [0.05, 0.1) is 10.6 Å². The van der Waals surface area contributed by atoms with Crippen LogP contribution < -0.4 is 4.72 Å². The summed E-state index contributed by atoms with van der Waals surface area (Å²) in [6, 6.07) is 15.5. The summed E-state index contributed by atoms with van der Waals surface area (Å²) < 4.78 is 43.7. The van der Waals surface area contributed by atoms with E-state index in [0.29, 0.717) is 16.6 Å². The van der Waals surface area contributed by atoms with Gasteiger partial charge in [-0.2, -0.15) is 13.2 Å². The predicted octanol–water partition coefficient (Wildman–Crippen LogP) is 9.75. The average Bonchev–Trinajstić information content (AvgIpc) is 3.65. The van der Waals surface area contributed by atoms with Crippen molar-refractivity contribution in [3.05, 3.63) is 71.4 Å². The molecular formula is C28H31ClF3N3OS3. The summed E-state index contributed by atoms with van der Waals surface area (Å²) in [5, 5.41) is 0.0378. The third-order valence-corrected chi connectivity index (χ3v) is 8.84. The molecule has 1 aliphatic carbocycles. The Bertz CT molecular complexity index is 1170. The number of aldehydes is 1. The van der Waals surface area contributed by atoms with Crippen LogP contribution in [0.15, 0.2) is 80.4 Å². The summed E-state index contributed by atoms with van der Waals surface area (Å²) in [6.07, 6.45) is 3.20. The third-order valence-electron chi connectivity index (χ3n) is 5.43. The maximum Gasteiger partial charge on any atom is 0.416 e. The Balaban J connectivity index is 0.000000530. The molecule has 0 radical (unpaired) electrons. The average molecular weight is 614 g/mol. The Morgan fingerprint density at radius 3 is 2.13 bits per heavy atom. The molecule has 0 bridgehead atoms. The van der Waals surface area contributed by atoms with E-state index in [2.05, 4.69) is 38.3 Å². The number of nitrogens with one attached hydrogen (secondary N) is 1. The maximum absolute atomic E-state index is 12.8. The molecule has 0 amide bonds. The smallest absolute Gasteiger partial charge is 0.310 e. The molecule has 2 fully saturated rings. The van der Waals surface area contributed by atoms with Gasteiger partial charge in [0.2, 0.25) is 0 Å². The van der Waals surface area contributed by atoms with Crippen molar-refractivity contribution < 1.29 is 18.0 Å². The van der Waals surface area contributed by atoms with Crippen LogP contribution in [0.25, 0.3) is 0 Å². The lowest BCUT2D eigenvalue weighted by molar-refractivity contribution is -0.137. The van der Waals surface area contributed by atoms with Crippen LogP contribution in [0, 0.1) is 5.92 Å². The Morgan fingerprint density at radius 1 is 0.974 bits per heavy atom. The number of pyridine rings is 1. The van der Waals surface area contributed by atoms with Crippen LogP contribution in [-0.2, 0) is 11.0 Å². The van der Waals surface area contributed by atoms with Crippen LogP contribution in [0.4, 0.5) is 19.0 Å². The van der Waals surface area contributed by atoms with Crippen molar-refractivity contribution >= 4 is 59.4 Å². The number of rotatable bonds is 8. The number of hydrogen-bond acceptors (Lipinski definition) is 7.